The number of piperidine rings is 1. The third kappa shape index (κ3) is 2.59. The quantitative estimate of drug-likeness (QED) is 0.867. The van der Waals surface area contributed by atoms with Gasteiger partial charge >= 0.3 is 0 Å². The van der Waals surface area contributed by atoms with Crippen molar-refractivity contribution in [3.05, 3.63) is 35.0 Å². The molecular formula is C20H28N2OS. The molecule has 1 aromatic heterocycles. The lowest BCUT2D eigenvalue weighted by atomic mass is 9.72. The molecule has 1 saturated heterocycles. The highest BCUT2D eigenvalue weighted by molar-refractivity contribution is 7.97. The fourth-order valence-electron chi connectivity index (χ4n) is 5.01. The van der Waals surface area contributed by atoms with Crippen LogP contribution >= 0.6 is 11.8 Å². The van der Waals surface area contributed by atoms with Gasteiger partial charge in [0.1, 0.15) is 0 Å². The summed E-state index contributed by atoms with van der Waals surface area (Å²) in [7, 11) is 0. The Morgan fingerprint density at radius 3 is 3.00 bits per heavy atom. The van der Waals surface area contributed by atoms with E-state index in [9.17, 15) is 5.11 Å². The Balaban J connectivity index is 1.81. The number of nitrogens with zero attached hydrogens (tertiary/aromatic N) is 1. The van der Waals surface area contributed by atoms with Gasteiger partial charge in [0.2, 0.25) is 0 Å². The zero-order valence-corrected chi connectivity index (χ0v) is 15.5. The van der Waals surface area contributed by atoms with Crippen molar-refractivity contribution in [2.45, 2.75) is 43.9 Å². The van der Waals surface area contributed by atoms with E-state index in [0.717, 1.165) is 31.7 Å². The molecule has 1 unspecified atom stereocenters. The van der Waals surface area contributed by atoms with Gasteiger partial charge in [-0.25, -0.2) is 0 Å². The minimum atomic E-state index is 0.317. The highest BCUT2D eigenvalue weighted by Crippen LogP contribution is 2.46. The highest BCUT2D eigenvalue weighted by Gasteiger charge is 2.40. The molecule has 2 heterocycles. The van der Waals surface area contributed by atoms with Gasteiger partial charge in [-0.15, -0.1) is 0 Å². The van der Waals surface area contributed by atoms with Gasteiger partial charge in [0.25, 0.3) is 0 Å². The molecule has 0 saturated carbocycles. The van der Waals surface area contributed by atoms with Gasteiger partial charge in [0, 0.05) is 47.5 Å². The van der Waals surface area contributed by atoms with E-state index in [-0.39, 0.29) is 0 Å². The number of aromatic amines is 1. The molecule has 24 heavy (non-hydrogen) atoms. The fourth-order valence-corrected chi connectivity index (χ4v) is 5.54. The number of nitrogens with one attached hydrogen (secondary N) is 1. The number of H-pyrrole nitrogens is 1. The number of benzene rings is 1. The van der Waals surface area contributed by atoms with Crippen LogP contribution < -0.4 is 0 Å². The number of likely N-dealkylation sites (tertiary alicyclic amines) is 1. The average molecular weight is 345 g/mol. The Kier molecular flexibility index (Phi) is 4.63. The molecule has 1 fully saturated rings. The van der Waals surface area contributed by atoms with Gasteiger partial charge in [-0.05, 0) is 55.2 Å². The third-order valence-corrected chi connectivity index (χ3v) is 6.51. The molecule has 2 aromatic rings. The minimum Gasteiger partial charge on any atom is -0.396 e. The Hall–Kier alpha value is -0.970. The molecule has 0 amide bonds. The fraction of sp³-hybridized carbons (Fsp3) is 0.600. The lowest BCUT2D eigenvalue weighted by Gasteiger charge is -2.47. The smallest absolute Gasteiger partial charge is 0.0471 e. The normalized spacial score (nSPS) is 26.7. The van der Waals surface area contributed by atoms with Crippen LogP contribution in [0.2, 0.25) is 0 Å². The van der Waals surface area contributed by atoms with Crippen LogP contribution in [0.3, 0.4) is 0 Å². The molecular weight excluding hydrogens is 316 g/mol. The molecule has 0 bridgehead atoms. The molecule has 1 aromatic carbocycles. The van der Waals surface area contributed by atoms with Crippen LogP contribution in [-0.4, -0.2) is 47.0 Å². The van der Waals surface area contributed by atoms with Gasteiger partial charge in [-0.2, -0.15) is 11.8 Å². The summed E-state index contributed by atoms with van der Waals surface area (Å²) in [6.07, 6.45) is 5.66. The van der Waals surface area contributed by atoms with E-state index in [2.05, 4.69) is 41.3 Å². The predicted octanol–water partition coefficient (Wildman–Crippen LogP) is 3.76. The molecule has 1 aliphatic carbocycles. The van der Waals surface area contributed by atoms with Crippen molar-refractivity contribution < 1.29 is 5.11 Å². The van der Waals surface area contributed by atoms with Crippen molar-refractivity contribution in [2.75, 3.05) is 26.0 Å². The van der Waals surface area contributed by atoms with Crippen LogP contribution in [0.4, 0.5) is 0 Å². The average Bonchev–Trinajstić information content (AvgIpc) is 2.95. The second-order valence-corrected chi connectivity index (χ2v) is 8.31. The highest BCUT2D eigenvalue weighted by atomic mass is 32.2. The molecule has 3 atom stereocenters. The Bertz CT molecular complexity index is 726. The molecule has 2 aliphatic rings. The maximum Gasteiger partial charge on any atom is 0.0471 e. The van der Waals surface area contributed by atoms with Crippen molar-refractivity contribution in [1.29, 1.82) is 0 Å². The molecule has 1 aliphatic heterocycles. The summed E-state index contributed by atoms with van der Waals surface area (Å²) in [5.74, 6) is 2.05. The molecule has 3 nitrogen and oxygen atoms in total. The molecule has 0 radical (unpaired) electrons. The van der Waals surface area contributed by atoms with Crippen LogP contribution in [0.1, 0.15) is 42.5 Å². The first-order valence-corrected chi connectivity index (χ1v) is 10.6. The zero-order chi connectivity index (χ0) is 16.7. The van der Waals surface area contributed by atoms with Crippen molar-refractivity contribution in [3.8, 4) is 0 Å². The zero-order valence-electron chi connectivity index (χ0n) is 14.7. The number of aliphatic hydroxyl groups is 1. The summed E-state index contributed by atoms with van der Waals surface area (Å²) >= 11 is 1.90. The number of fused-ring (bicyclic) bond motifs is 2. The van der Waals surface area contributed by atoms with Crippen molar-refractivity contribution >= 4 is 22.7 Å². The van der Waals surface area contributed by atoms with E-state index in [1.807, 2.05) is 11.8 Å². The van der Waals surface area contributed by atoms with Crippen LogP contribution in [0, 0.1) is 5.92 Å². The predicted molar refractivity (Wildman–Crippen MR) is 103 cm³/mol. The number of thioether (sulfide) groups is 1. The standard InChI is InChI=1S/C20H28N2OS/c1-3-7-22-10-13(11-23)8-15-14-5-4-6-17-20(14)16(9-19(15)22)18(21-17)12-24-2/h4-6,13,15,19,21,23H,3,7-12H2,1-2H3/t13-,15?,19-/m1/s1. The molecule has 130 valence electrons. The van der Waals surface area contributed by atoms with Crippen LogP contribution in [-0.2, 0) is 12.2 Å². The molecule has 0 spiro atoms. The largest absolute Gasteiger partial charge is 0.396 e. The number of hydrogen-bond acceptors (Lipinski definition) is 3. The number of aromatic nitrogens is 1. The second-order valence-electron chi connectivity index (χ2n) is 7.44. The third-order valence-electron chi connectivity index (χ3n) is 5.93. The first kappa shape index (κ1) is 16.5. The van der Waals surface area contributed by atoms with Gasteiger partial charge in [-0.1, -0.05) is 19.1 Å². The number of rotatable bonds is 5. The van der Waals surface area contributed by atoms with Crippen molar-refractivity contribution in [1.82, 2.24) is 9.88 Å². The van der Waals surface area contributed by atoms with Gasteiger partial charge < -0.3 is 10.1 Å². The van der Waals surface area contributed by atoms with E-state index < -0.39 is 0 Å². The van der Waals surface area contributed by atoms with E-state index in [0.29, 0.717) is 24.5 Å². The van der Waals surface area contributed by atoms with E-state index in [4.69, 9.17) is 0 Å². The maximum absolute atomic E-state index is 9.80. The lowest BCUT2D eigenvalue weighted by Crippen LogP contribution is -2.50. The number of hydrogen-bond donors (Lipinski definition) is 2. The molecule has 4 rings (SSSR count). The van der Waals surface area contributed by atoms with Crippen molar-refractivity contribution in [3.63, 3.8) is 0 Å². The lowest BCUT2D eigenvalue weighted by molar-refractivity contribution is 0.0571. The van der Waals surface area contributed by atoms with E-state index in [1.54, 1.807) is 5.56 Å². The van der Waals surface area contributed by atoms with Crippen LogP contribution in [0.25, 0.3) is 10.9 Å². The van der Waals surface area contributed by atoms with E-state index >= 15 is 0 Å². The van der Waals surface area contributed by atoms with Gasteiger partial charge in [0.05, 0.1) is 0 Å². The summed E-state index contributed by atoms with van der Waals surface area (Å²) in [4.78, 5) is 6.35. The summed E-state index contributed by atoms with van der Waals surface area (Å²) < 4.78 is 0. The molecule has 2 N–H and O–H groups in total. The second kappa shape index (κ2) is 6.74. The Labute approximate surface area is 148 Å². The monoisotopic (exact) mass is 344 g/mol. The first-order valence-electron chi connectivity index (χ1n) is 9.23. The summed E-state index contributed by atoms with van der Waals surface area (Å²) in [6, 6.07) is 7.36. The molecule has 4 heteroatoms. The minimum absolute atomic E-state index is 0.317. The Morgan fingerprint density at radius 1 is 1.38 bits per heavy atom. The van der Waals surface area contributed by atoms with E-state index in [1.165, 1.54) is 28.6 Å². The van der Waals surface area contributed by atoms with Gasteiger partial charge in [0.15, 0.2) is 0 Å². The summed E-state index contributed by atoms with van der Waals surface area (Å²) in [5.41, 5.74) is 5.80. The SMILES string of the molecule is CCCN1C[C@H](CO)CC2c3cccc4[nH]c(CSC)c(c34)C[C@H]21. The van der Waals surface area contributed by atoms with Crippen LogP contribution in [0.5, 0.6) is 0 Å². The summed E-state index contributed by atoms with van der Waals surface area (Å²) in [5, 5.41) is 11.3. The van der Waals surface area contributed by atoms with Gasteiger partial charge in [-0.3, -0.25) is 4.90 Å². The maximum atomic E-state index is 9.80. The van der Waals surface area contributed by atoms with Crippen molar-refractivity contribution in [2.24, 2.45) is 5.92 Å². The topological polar surface area (TPSA) is 39.3 Å². The number of aliphatic hydroxyl groups excluding tert-OH is 1. The summed E-state index contributed by atoms with van der Waals surface area (Å²) in [6.45, 7) is 4.78. The Morgan fingerprint density at radius 2 is 2.25 bits per heavy atom. The van der Waals surface area contributed by atoms with Crippen LogP contribution in [0.15, 0.2) is 18.2 Å². The first-order chi connectivity index (χ1) is 11.8.